The highest BCUT2D eigenvalue weighted by molar-refractivity contribution is 7.85. The van der Waals surface area contributed by atoms with Gasteiger partial charge in [0.15, 0.2) is 11.6 Å². The third kappa shape index (κ3) is 4.28. The Labute approximate surface area is 208 Å². The zero-order chi connectivity index (χ0) is 25.6. The van der Waals surface area contributed by atoms with E-state index in [1.165, 1.54) is 6.07 Å². The number of carbonyl (C=O) groups is 2. The lowest BCUT2D eigenvalue weighted by atomic mass is 9.82. The Hall–Kier alpha value is -4.27. The van der Waals surface area contributed by atoms with Crippen LogP contribution in [0.15, 0.2) is 83.8 Å². The lowest BCUT2D eigenvalue weighted by Crippen LogP contribution is -2.24. The van der Waals surface area contributed by atoms with Gasteiger partial charge < -0.3 is 10.6 Å². The van der Waals surface area contributed by atoms with Gasteiger partial charge in [-0.25, -0.2) is 0 Å². The van der Waals surface area contributed by atoms with Crippen molar-refractivity contribution in [3.8, 4) is 0 Å². The standard InChI is InChI=1S/C28H22N2O5S/c1-16-3-7-18(8-4-16)29-23-13-14-24(30-19-9-5-17(2)6-10-19)26-25(23)27(31)21-12-11-20(36(33,34)35)15-22(21)28(26)32/h3-15,29-30H,1-2H3,(H,33,34,35). The molecule has 8 heteroatoms. The van der Waals surface area contributed by atoms with E-state index in [-0.39, 0.29) is 22.3 Å². The predicted molar refractivity (Wildman–Crippen MR) is 138 cm³/mol. The highest BCUT2D eigenvalue weighted by atomic mass is 32.2. The van der Waals surface area contributed by atoms with Gasteiger partial charge in [0.25, 0.3) is 10.1 Å². The molecule has 0 saturated carbocycles. The summed E-state index contributed by atoms with van der Waals surface area (Å²) in [6.45, 7) is 3.93. The number of rotatable bonds is 5. The van der Waals surface area contributed by atoms with Gasteiger partial charge in [-0.3, -0.25) is 14.1 Å². The molecule has 0 amide bonds. The quantitative estimate of drug-likeness (QED) is 0.262. The van der Waals surface area contributed by atoms with Crippen LogP contribution in [0.4, 0.5) is 22.7 Å². The summed E-state index contributed by atoms with van der Waals surface area (Å²) in [6.07, 6.45) is 0. The van der Waals surface area contributed by atoms with E-state index in [1.807, 2.05) is 62.4 Å². The second kappa shape index (κ2) is 8.75. The smallest absolute Gasteiger partial charge is 0.294 e. The third-order valence-corrected chi connectivity index (χ3v) is 6.95. The Morgan fingerprint density at radius 2 is 1.06 bits per heavy atom. The minimum absolute atomic E-state index is 0.0688. The van der Waals surface area contributed by atoms with Crippen LogP contribution in [-0.2, 0) is 10.1 Å². The number of ketones is 2. The van der Waals surface area contributed by atoms with E-state index < -0.39 is 26.6 Å². The molecule has 0 bridgehead atoms. The Morgan fingerprint density at radius 1 is 0.611 bits per heavy atom. The summed E-state index contributed by atoms with van der Waals surface area (Å²) in [4.78, 5) is 27.0. The van der Waals surface area contributed by atoms with Gasteiger partial charge in [-0.1, -0.05) is 35.4 Å². The van der Waals surface area contributed by atoms with E-state index in [0.717, 1.165) is 34.6 Å². The average Bonchev–Trinajstić information content (AvgIpc) is 2.85. The van der Waals surface area contributed by atoms with Gasteiger partial charge in [0.1, 0.15) is 0 Å². The van der Waals surface area contributed by atoms with Crippen LogP contribution in [0.3, 0.4) is 0 Å². The van der Waals surface area contributed by atoms with Crippen molar-refractivity contribution < 1.29 is 22.6 Å². The molecule has 0 aromatic heterocycles. The summed E-state index contributed by atoms with van der Waals surface area (Å²) in [5.74, 6) is -0.948. The van der Waals surface area contributed by atoms with E-state index >= 15 is 0 Å². The zero-order valence-electron chi connectivity index (χ0n) is 19.5. The molecular weight excluding hydrogens is 476 g/mol. The van der Waals surface area contributed by atoms with Gasteiger partial charge >= 0.3 is 0 Å². The molecule has 7 nitrogen and oxygen atoms in total. The summed E-state index contributed by atoms with van der Waals surface area (Å²) < 4.78 is 32.9. The van der Waals surface area contributed by atoms with Crippen LogP contribution in [0.5, 0.6) is 0 Å². The van der Waals surface area contributed by atoms with E-state index in [0.29, 0.717) is 11.4 Å². The second-order valence-electron chi connectivity index (χ2n) is 8.73. The Balaban J connectivity index is 1.68. The van der Waals surface area contributed by atoms with Crippen molar-refractivity contribution >= 4 is 44.4 Å². The van der Waals surface area contributed by atoms with Gasteiger partial charge in [0.05, 0.1) is 27.4 Å². The van der Waals surface area contributed by atoms with E-state index in [9.17, 15) is 22.6 Å². The number of hydrogen-bond acceptors (Lipinski definition) is 6. The number of benzene rings is 4. The molecule has 4 aromatic rings. The van der Waals surface area contributed by atoms with Gasteiger partial charge in [-0.15, -0.1) is 0 Å². The van der Waals surface area contributed by atoms with Crippen LogP contribution in [0.25, 0.3) is 0 Å². The van der Waals surface area contributed by atoms with Crippen molar-refractivity contribution in [3.05, 3.63) is 112 Å². The Morgan fingerprint density at radius 3 is 1.50 bits per heavy atom. The summed E-state index contributed by atoms with van der Waals surface area (Å²) in [5, 5.41) is 6.45. The molecule has 0 saturated heterocycles. The van der Waals surface area contributed by atoms with Crippen LogP contribution in [0.2, 0.25) is 0 Å². The number of nitrogens with one attached hydrogen (secondary N) is 2. The molecular formula is C28H22N2O5S. The molecule has 0 heterocycles. The maximum atomic E-state index is 13.8. The van der Waals surface area contributed by atoms with Gasteiger partial charge in [-0.05, 0) is 68.4 Å². The first-order valence-corrected chi connectivity index (χ1v) is 12.6. The number of aryl methyl sites for hydroxylation is 2. The van der Waals surface area contributed by atoms with Crippen molar-refractivity contribution in [2.75, 3.05) is 10.6 Å². The molecule has 4 aromatic carbocycles. The molecule has 0 atom stereocenters. The Bertz CT molecular complexity index is 1640. The third-order valence-electron chi connectivity index (χ3n) is 6.10. The monoisotopic (exact) mass is 498 g/mol. The summed E-state index contributed by atoms with van der Waals surface area (Å²) in [6, 6.07) is 22.0. The van der Waals surface area contributed by atoms with E-state index in [2.05, 4.69) is 10.6 Å². The maximum Gasteiger partial charge on any atom is 0.294 e. The van der Waals surface area contributed by atoms with Crippen LogP contribution in [0.1, 0.15) is 43.0 Å². The molecule has 3 N–H and O–H groups in total. The first kappa shape index (κ1) is 23.5. The molecule has 0 radical (unpaired) electrons. The lowest BCUT2D eigenvalue weighted by molar-refractivity contribution is 0.0980. The fourth-order valence-electron chi connectivity index (χ4n) is 4.21. The molecule has 5 rings (SSSR count). The van der Waals surface area contributed by atoms with Gasteiger partial charge in [0.2, 0.25) is 0 Å². The van der Waals surface area contributed by atoms with Crippen molar-refractivity contribution in [2.45, 2.75) is 18.7 Å². The van der Waals surface area contributed by atoms with Crippen LogP contribution >= 0.6 is 0 Å². The molecule has 0 aliphatic heterocycles. The molecule has 0 fully saturated rings. The predicted octanol–water partition coefficient (Wildman–Crippen LogP) is 5.81. The number of hydrogen-bond donors (Lipinski definition) is 3. The highest BCUT2D eigenvalue weighted by Gasteiger charge is 2.35. The van der Waals surface area contributed by atoms with Crippen molar-refractivity contribution in [1.82, 2.24) is 0 Å². The fourth-order valence-corrected chi connectivity index (χ4v) is 4.71. The van der Waals surface area contributed by atoms with Crippen molar-refractivity contribution in [3.63, 3.8) is 0 Å². The molecule has 1 aliphatic carbocycles. The Kier molecular flexibility index (Phi) is 5.70. The van der Waals surface area contributed by atoms with Crippen molar-refractivity contribution in [1.29, 1.82) is 0 Å². The van der Waals surface area contributed by atoms with Crippen LogP contribution in [-0.4, -0.2) is 24.5 Å². The minimum atomic E-state index is -4.56. The molecule has 1 aliphatic rings. The summed E-state index contributed by atoms with van der Waals surface area (Å²) >= 11 is 0. The first-order chi connectivity index (χ1) is 17.1. The fraction of sp³-hybridized carbons (Fsp3) is 0.0714. The van der Waals surface area contributed by atoms with Gasteiger partial charge in [0, 0.05) is 22.5 Å². The van der Waals surface area contributed by atoms with Crippen LogP contribution < -0.4 is 10.6 Å². The second-order valence-corrected chi connectivity index (χ2v) is 10.2. The minimum Gasteiger partial charge on any atom is -0.355 e. The summed E-state index contributed by atoms with van der Waals surface area (Å²) in [7, 11) is -4.56. The lowest BCUT2D eigenvalue weighted by Gasteiger charge is -2.24. The molecule has 36 heavy (non-hydrogen) atoms. The molecule has 0 spiro atoms. The zero-order valence-corrected chi connectivity index (χ0v) is 20.3. The number of anilines is 4. The number of carbonyl (C=O) groups excluding carboxylic acids is 2. The van der Waals surface area contributed by atoms with Gasteiger partial charge in [-0.2, -0.15) is 8.42 Å². The highest BCUT2D eigenvalue weighted by Crippen LogP contribution is 2.39. The van der Waals surface area contributed by atoms with Crippen molar-refractivity contribution in [2.24, 2.45) is 0 Å². The summed E-state index contributed by atoms with van der Waals surface area (Å²) in [5.41, 5.74) is 4.77. The van der Waals surface area contributed by atoms with E-state index in [4.69, 9.17) is 0 Å². The SMILES string of the molecule is Cc1ccc(Nc2ccc(Nc3ccc(C)cc3)c3c2C(=O)c2ccc(S(=O)(=O)O)cc2C3=O)cc1. The normalized spacial score (nSPS) is 12.6. The number of fused-ring (bicyclic) bond motifs is 2. The average molecular weight is 499 g/mol. The molecule has 180 valence electrons. The largest absolute Gasteiger partial charge is 0.355 e. The first-order valence-electron chi connectivity index (χ1n) is 11.2. The maximum absolute atomic E-state index is 13.8. The van der Waals surface area contributed by atoms with Crippen LogP contribution in [0, 0.1) is 13.8 Å². The van der Waals surface area contributed by atoms with E-state index in [1.54, 1.807) is 12.1 Å². The molecule has 0 unspecified atom stereocenters. The topological polar surface area (TPSA) is 113 Å².